The lowest BCUT2D eigenvalue weighted by Gasteiger charge is -2.61. The molecule has 5 rings (SSSR count). The number of hydrogen-bond acceptors (Lipinski definition) is 3. The molecule has 0 aromatic rings. The number of hydrogen-bond donors (Lipinski definition) is 1. The fraction of sp³-hybridized carbons (Fsp3) is 1.00. The van der Waals surface area contributed by atoms with Gasteiger partial charge >= 0.3 is 0 Å². The van der Waals surface area contributed by atoms with Crippen LogP contribution in [0.15, 0.2) is 0 Å². The number of ether oxygens (including phenoxy) is 2. The van der Waals surface area contributed by atoms with Crippen LogP contribution in [-0.4, -0.2) is 30.2 Å². The molecule has 1 heterocycles. The quantitative estimate of drug-likeness (QED) is 0.665. The van der Waals surface area contributed by atoms with Crippen molar-refractivity contribution in [2.45, 2.75) is 109 Å². The third-order valence-corrected chi connectivity index (χ3v) is 10.0. The van der Waals surface area contributed by atoms with Gasteiger partial charge in [-0.15, -0.1) is 0 Å². The van der Waals surface area contributed by atoms with E-state index in [0.29, 0.717) is 11.5 Å². The van der Waals surface area contributed by atoms with Crippen LogP contribution < -0.4 is 0 Å². The molecule has 0 aromatic carbocycles. The third kappa shape index (κ3) is 3.02. The summed E-state index contributed by atoms with van der Waals surface area (Å²) in [6, 6.07) is 0. The molecule has 4 saturated carbocycles. The zero-order chi connectivity index (χ0) is 18.6. The van der Waals surface area contributed by atoms with E-state index in [0.717, 1.165) is 43.1 Å². The molecule has 5 fully saturated rings. The molecule has 0 bridgehead atoms. The molecule has 9 atom stereocenters. The van der Waals surface area contributed by atoms with E-state index in [2.05, 4.69) is 13.8 Å². The highest BCUT2D eigenvalue weighted by molar-refractivity contribution is 5.09. The highest BCUT2D eigenvalue weighted by atomic mass is 16.7. The van der Waals surface area contributed by atoms with Gasteiger partial charge in [-0.1, -0.05) is 13.8 Å². The maximum absolute atomic E-state index is 10.6. The van der Waals surface area contributed by atoms with Crippen LogP contribution >= 0.6 is 0 Å². The Morgan fingerprint density at radius 3 is 2.48 bits per heavy atom. The Balaban J connectivity index is 1.27. The second-order valence-electron chi connectivity index (χ2n) is 11.1. The van der Waals surface area contributed by atoms with Gasteiger partial charge < -0.3 is 14.6 Å². The molecule has 0 aromatic heterocycles. The van der Waals surface area contributed by atoms with Crippen molar-refractivity contribution in [2.75, 3.05) is 6.61 Å². The van der Waals surface area contributed by atoms with Gasteiger partial charge in [0.05, 0.1) is 12.2 Å². The summed E-state index contributed by atoms with van der Waals surface area (Å²) in [5, 5.41) is 10.6. The lowest BCUT2D eigenvalue weighted by molar-refractivity contribution is -0.212. The van der Waals surface area contributed by atoms with Crippen LogP contribution in [0.1, 0.15) is 90.9 Å². The van der Waals surface area contributed by atoms with Crippen molar-refractivity contribution in [3.05, 3.63) is 0 Å². The first kappa shape index (κ1) is 18.9. The SMILES string of the molecule is C[C@]12CC[C@@H](O[C@@H]3CCCCO3)C[C@@H]1CC[C@H]1[C@H]3CC[C@H](O)[C@]3(C)CC[C@@H]12. The van der Waals surface area contributed by atoms with Gasteiger partial charge in [0.25, 0.3) is 0 Å². The highest BCUT2D eigenvalue weighted by Crippen LogP contribution is 2.66. The van der Waals surface area contributed by atoms with Crippen LogP contribution in [-0.2, 0) is 9.47 Å². The van der Waals surface area contributed by atoms with Gasteiger partial charge in [-0.3, -0.25) is 0 Å². The van der Waals surface area contributed by atoms with Crippen molar-refractivity contribution in [2.24, 2.45) is 34.5 Å². The van der Waals surface area contributed by atoms with E-state index in [1.54, 1.807) is 0 Å². The van der Waals surface area contributed by atoms with E-state index in [1.807, 2.05) is 0 Å². The standard InChI is InChI=1S/C24H40O3/c1-23-12-10-17(27-22-5-3-4-14-26-22)15-16(23)6-7-18-19-8-9-21(25)24(19,2)13-11-20(18)23/h16-22,25H,3-15H2,1-2H3/t16-,17+,18-,19+,20-,21-,22+,23-,24+/m0/s1. The van der Waals surface area contributed by atoms with Crippen LogP contribution in [0.4, 0.5) is 0 Å². The normalized spacial score (nSPS) is 55.4. The molecule has 0 unspecified atom stereocenters. The van der Waals surface area contributed by atoms with Crippen molar-refractivity contribution >= 4 is 0 Å². The Kier molecular flexibility index (Phi) is 4.89. The Bertz CT molecular complexity index is 544. The van der Waals surface area contributed by atoms with E-state index < -0.39 is 0 Å². The fourth-order valence-corrected chi connectivity index (χ4v) is 8.35. The molecule has 154 valence electrons. The first-order chi connectivity index (χ1) is 13.0. The van der Waals surface area contributed by atoms with Gasteiger partial charge in [0.15, 0.2) is 6.29 Å². The zero-order valence-electron chi connectivity index (χ0n) is 17.5. The molecule has 5 aliphatic rings. The molecule has 4 aliphatic carbocycles. The molecule has 0 spiro atoms. The van der Waals surface area contributed by atoms with Gasteiger partial charge in [-0.2, -0.15) is 0 Å². The minimum Gasteiger partial charge on any atom is -0.393 e. The van der Waals surface area contributed by atoms with Gasteiger partial charge in [0.1, 0.15) is 0 Å². The topological polar surface area (TPSA) is 38.7 Å². The minimum atomic E-state index is -0.0476. The molecule has 1 N–H and O–H groups in total. The molecular formula is C24H40O3. The maximum atomic E-state index is 10.6. The molecular weight excluding hydrogens is 336 g/mol. The van der Waals surface area contributed by atoms with Crippen LogP contribution in [0.3, 0.4) is 0 Å². The van der Waals surface area contributed by atoms with E-state index in [1.165, 1.54) is 64.2 Å². The van der Waals surface area contributed by atoms with Crippen molar-refractivity contribution in [3.8, 4) is 0 Å². The maximum Gasteiger partial charge on any atom is 0.157 e. The second kappa shape index (κ2) is 6.99. The summed E-state index contributed by atoms with van der Waals surface area (Å²) in [5.74, 6) is 3.35. The van der Waals surface area contributed by atoms with Crippen molar-refractivity contribution in [1.82, 2.24) is 0 Å². The monoisotopic (exact) mass is 376 g/mol. The summed E-state index contributed by atoms with van der Waals surface area (Å²) in [7, 11) is 0. The molecule has 0 amide bonds. The number of aliphatic hydroxyl groups excluding tert-OH is 1. The van der Waals surface area contributed by atoms with Gasteiger partial charge in [0, 0.05) is 6.61 Å². The molecule has 3 nitrogen and oxygen atoms in total. The fourth-order valence-electron chi connectivity index (χ4n) is 8.35. The van der Waals surface area contributed by atoms with E-state index in [9.17, 15) is 5.11 Å². The van der Waals surface area contributed by atoms with Gasteiger partial charge in [-0.25, -0.2) is 0 Å². The van der Waals surface area contributed by atoms with Crippen molar-refractivity contribution in [3.63, 3.8) is 0 Å². The largest absolute Gasteiger partial charge is 0.393 e. The molecule has 0 radical (unpaired) electrons. The summed E-state index contributed by atoms with van der Waals surface area (Å²) in [6.07, 6.45) is 15.5. The number of fused-ring (bicyclic) bond motifs is 5. The summed E-state index contributed by atoms with van der Waals surface area (Å²) >= 11 is 0. The van der Waals surface area contributed by atoms with Crippen LogP contribution in [0.2, 0.25) is 0 Å². The van der Waals surface area contributed by atoms with E-state index >= 15 is 0 Å². The first-order valence-electron chi connectivity index (χ1n) is 12.0. The lowest BCUT2D eigenvalue weighted by Crippen LogP contribution is -2.54. The van der Waals surface area contributed by atoms with Crippen LogP contribution in [0.25, 0.3) is 0 Å². The smallest absolute Gasteiger partial charge is 0.157 e. The second-order valence-corrected chi connectivity index (χ2v) is 11.1. The summed E-state index contributed by atoms with van der Waals surface area (Å²) in [4.78, 5) is 0. The van der Waals surface area contributed by atoms with E-state index in [-0.39, 0.29) is 17.8 Å². The molecule has 1 aliphatic heterocycles. The number of aliphatic hydroxyl groups is 1. The summed E-state index contributed by atoms with van der Waals surface area (Å²) in [5.41, 5.74) is 0.716. The Hall–Kier alpha value is -0.120. The Labute approximate surface area is 165 Å². The van der Waals surface area contributed by atoms with Crippen molar-refractivity contribution < 1.29 is 14.6 Å². The molecule has 3 heteroatoms. The van der Waals surface area contributed by atoms with Gasteiger partial charge in [0.2, 0.25) is 0 Å². The van der Waals surface area contributed by atoms with Crippen LogP contribution in [0.5, 0.6) is 0 Å². The predicted octanol–water partition coefficient (Wildman–Crippen LogP) is 5.30. The van der Waals surface area contributed by atoms with Gasteiger partial charge in [-0.05, 0) is 112 Å². The summed E-state index contributed by atoms with van der Waals surface area (Å²) < 4.78 is 12.3. The van der Waals surface area contributed by atoms with Crippen LogP contribution in [0, 0.1) is 34.5 Å². The van der Waals surface area contributed by atoms with Crippen molar-refractivity contribution in [1.29, 1.82) is 0 Å². The minimum absolute atomic E-state index is 0.0476. The third-order valence-electron chi connectivity index (χ3n) is 10.0. The first-order valence-corrected chi connectivity index (χ1v) is 12.0. The lowest BCUT2D eigenvalue weighted by atomic mass is 9.45. The zero-order valence-corrected chi connectivity index (χ0v) is 17.5. The summed E-state index contributed by atoms with van der Waals surface area (Å²) in [6.45, 7) is 5.90. The highest BCUT2D eigenvalue weighted by Gasteiger charge is 2.60. The Morgan fingerprint density at radius 1 is 0.852 bits per heavy atom. The number of rotatable bonds is 2. The Morgan fingerprint density at radius 2 is 1.67 bits per heavy atom. The average Bonchev–Trinajstić information content (AvgIpc) is 2.98. The van der Waals surface area contributed by atoms with E-state index in [4.69, 9.17) is 9.47 Å². The average molecular weight is 377 g/mol. The molecule has 1 saturated heterocycles. The predicted molar refractivity (Wildman–Crippen MR) is 106 cm³/mol. The molecule has 27 heavy (non-hydrogen) atoms.